The highest BCUT2D eigenvalue weighted by Gasteiger charge is 2.14. The van der Waals surface area contributed by atoms with Crippen molar-refractivity contribution in [3.05, 3.63) is 48.4 Å². The highest BCUT2D eigenvalue weighted by Crippen LogP contribution is 2.27. The maximum atomic E-state index is 13.9. The molecule has 0 saturated carbocycles. The zero-order chi connectivity index (χ0) is 14.4. The first-order valence-electron chi connectivity index (χ1n) is 6.48. The van der Waals surface area contributed by atoms with Gasteiger partial charge in [-0.25, -0.2) is 9.37 Å². The van der Waals surface area contributed by atoms with Gasteiger partial charge in [-0.05, 0) is 49.4 Å². The minimum Gasteiger partial charge on any atom is -0.497 e. The number of hydrogen-bond donors (Lipinski definition) is 1. The molecule has 2 aromatic rings. The van der Waals surface area contributed by atoms with Gasteiger partial charge in [0, 0.05) is 18.4 Å². The molecule has 0 saturated heterocycles. The summed E-state index contributed by atoms with van der Waals surface area (Å²) in [5.74, 6) is 0.723. The number of rotatable bonds is 6. The summed E-state index contributed by atoms with van der Waals surface area (Å²) in [7, 11) is 1.61. The molecule has 0 fully saturated rings. The van der Waals surface area contributed by atoms with E-state index in [2.05, 4.69) is 4.98 Å². The van der Waals surface area contributed by atoms with Crippen molar-refractivity contribution in [1.82, 2.24) is 4.98 Å². The van der Waals surface area contributed by atoms with E-state index in [-0.39, 0.29) is 5.82 Å². The number of pyridine rings is 1. The Hall–Kier alpha value is -2.14. The van der Waals surface area contributed by atoms with E-state index >= 15 is 0 Å². The monoisotopic (exact) mass is 275 g/mol. The van der Waals surface area contributed by atoms with Gasteiger partial charge in [0.25, 0.3) is 0 Å². The van der Waals surface area contributed by atoms with E-state index < -0.39 is 0 Å². The summed E-state index contributed by atoms with van der Waals surface area (Å²) in [5.41, 5.74) is 6.41. The number of aromatic nitrogens is 1. The topological polar surface area (TPSA) is 51.4 Å². The van der Waals surface area contributed by atoms with Crippen LogP contribution in [0.3, 0.4) is 0 Å². The van der Waals surface area contributed by atoms with Gasteiger partial charge in [0.15, 0.2) is 11.6 Å². The molecule has 2 rings (SSSR count). The molecule has 4 nitrogen and oxygen atoms in total. The summed E-state index contributed by atoms with van der Waals surface area (Å²) in [5, 5.41) is 0. The summed E-state index contributed by atoms with van der Waals surface area (Å²) in [6.07, 6.45) is 2.33. The Bertz CT molecular complexity index is 545. The number of anilines is 2. The Morgan fingerprint density at radius 2 is 2.00 bits per heavy atom. The lowest BCUT2D eigenvalue weighted by atomic mass is 10.2. The molecule has 0 atom stereocenters. The highest BCUT2D eigenvalue weighted by atomic mass is 19.1. The summed E-state index contributed by atoms with van der Waals surface area (Å²) < 4.78 is 19.1. The molecule has 0 aliphatic rings. The predicted octanol–water partition coefficient (Wildman–Crippen LogP) is 2.72. The zero-order valence-electron chi connectivity index (χ0n) is 11.4. The predicted molar refractivity (Wildman–Crippen MR) is 77.9 cm³/mol. The van der Waals surface area contributed by atoms with E-state index in [0.29, 0.717) is 18.9 Å². The Morgan fingerprint density at radius 3 is 2.60 bits per heavy atom. The van der Waals surface area contributed by atoms with E-state index in [1.165, 1.54) is 6.07 Å². The summed E-state index contributed by atoms with van der Waals surface area (Å²) in [6.45, 7) is 1.15. The van der Waals surface area contributed by atoms with Gasteiger partial charge < -0.3 is 15.4 Å². The van der Waals surface area contributed by atoms with Gasteiger partial charge >= 0.3 is 0 Å². The summed E-state index contributed by atoms with van der Waals surface area (Å²) in [6, 6.07) is 10.4. The van der Waals surface area contributed by atoms with Crippen LogP contribution in [0.1, 0.15) is 6.42 Å². The van der Waals surface area contributed by atoms with Crippen molar-refractivity contribution in [3.63, 3.8) is 0 Å². The van der Waals surface area contributed by atoms with Crippen molar-refractivity contribution < 1.29 is 9.13 Å². The van der Waals surface area contributed by atoms with Crippen LogP contribution in [-0.4, -0.2) is 25.2 Å². The fraction of sp³-hybridized carbons (Fsp3) is 0.267. The Labute approximate surface area is 118 Å². The average molecular weight is 275 g/mol. The van der Waals surface area contributed by atoms with Crippen molar-refractivity contribution in [1.29, 1.82) is 0 Å². The zero-order valence-corrected chi connectivity index (χ0v) is 11.4. The second-order valence-corrected chi connectivity index (χ2v) is 4.30. The second-order valence-electron chi connectivity index (χ2n) is 4.30. The van der Waals surface area contributed by atoms with E-state index in [0.717, 1.165) is 17.9 Å². The number of halogens is 1. The van der Waals surface area contributed by atoms with E-state index in [9.17, 15) is 4.39 Å². The quantitative estimate of drug-likeness (QED) is 0.880. The second kappa shape index (κ2) is 6.86. The van der Waals surface area contributed by atoms with E-state index in [1.807, 2.05) is 29.2 Å². The highest BCUT2D eigenvalue weighted by molar-refractivity contribution is 5.61. The molecule has 0 unspecified atom stereocenters. The van der Waals surface area contributed by atoms with Crippen molar-refractivity contribution >= 4 is 11.5 Å². The van der Waals surface area contributed by atoms with E-state index in [4.69, 9.17) is 10.5 Å². The molecule has 0 spiro atoms. The molecule has 0 aliphatic carbocycles. The first-order valence-corrected chi connectivity index (χ1v) is 6.48. The lowest BCUT2D eigenvalue weighted by Gasteiger charge is -2.24. The fourth-order valence-corrected chi connectivity index (χ4v) is 1.94. The van der Waals surface area contributed by atoms with Crippen LogP contribution >= 0.6 is 0 Å². The van der Waals surface area contributed by atoms with Crippen molar-refractivity contribution in [2.75, 3.05) is 25.1 Å². The van der Waals surface area contributed by atoms with Crippen LogP contribution in [0.5, 0.6) is 5.75 Å². The Morgan fingerprint density at radius 1 is 1.25 bits per heavy atom. The molecule has 1 aromatic carbocycles. The number of methoxy groups -OCH3 is 1. The lowest BCUT2D eigenvalue weighted by Crippen LogP contribution is -2.22. The molecule has 20 heavy (non-hydrogen) atoms. The van der Waals surface area contributed by atoms with Crippen molar-refractivity contribution in [2.24, 2.45) is 5.73 Å². The summed E-state index contributed by atoms with van der Waals surface area (Å²) >= 11 is 0. The molecule has 0 aliphatic heterocycles. The molecule has 1 heterocycles. The maximum Gasteiger partial charge on any atom is 0.169 e. The fourth-order valence-electron chi connectivity index (χ4n) is 1.94. The largest absolute Gasteiger partial charge is 0.497 e. The SMILES string of the molecule is COc1ccc(N(CCCN)c2ncccc2F)cc1. The molecule has 1 aromatic heterocycles. The van der Waals surface area contributed by atoms with E-state index in [1.54, 1.807) is 19.4 Å². The van der Waals surface area contributed by atoms with Gasteiger partial charge in [-0.3, -0.25) is 0 Å². The average Bonchev–Trinajstić information content (AvgIpc) is 2.50. The van der Waals surface area contributed by atoms with Crippen LogP contribution in [0.25, 0.3) is 0 Å². The van der Waals surface area contributed by atoms with Crippen LogP contribution < -0.4 is 15.4 Å². The molecule has 5 heteroatoms. The van der Waals surface area contributed by atoms with Crippen LogP contribution in [0.2, 0.25) is 0 Å². The first kappa shape index (κ1) is 14.3. The minimum atomic E-state index is -0.347. The maximum absolute atomic E-state index is 13.9. The first-order chi connectivity index (χ1) is 9.76. The van der Waals surface area contributed by atoms with Gasteiger partial charge in [0.05, 0.1) is 7.11 Å². The van der Waals surface area contributed by atoms with Crippen LogP contribution in [-0.2, 0) is 0 Å². The van der Waals surface area contributed by atoms with Gasteiger partial charge in [0.2, 0.25) is 0 Å². The number of ether oxygens (including phenoxy) is 1. The molecular formula is C15H18FN3O. The van der Waals surface area contributed by atoms with Crippen LogP contribution in [0.4, 0.5) is 15.9 Å². The Balaban J connectivity index is 2.33. The number of nitrogens with zero attached hydrogens (tertiary/aromatic N) is 2. The molecule has 106 valence electrons. The number of benzene rings is 1. The number of nitrogens with two attached hydrogens (primary N) is 1. The third kappa shape index (κ3) is 3.24. The van der Waals surface area contributed by atoms with Crippen molar-refractivity contribution in [3.8, 4) is 5.75 Å². The van der Waals surface area contributed by atoms with Crippen molar-refractivity contribution in [2.45, 2.75) is 6.42 Å². The van der Waals surface area contributed by atoms with Crippen LogP contribution in [0, 0.1) is 5.82 Å². The van der Waals surface area contributed by atoms with Gasteiger partial charge in [0.1, 0.15) is 5.75 Å². The third-order valence-corrected chi connectivity index (χ3v) is 2.96. The smallest absolute Gasteiger partial charge is 0.169 e. The minimum absolute atomic E-state index is 0.311. The standard InChI is InChI=1S/C15H18FN3O/c1-20-13-7-5-12(6-8-13)19(11-3-9-17)15-14(16)4-2-10-18-15/h2,4-8,10H,3,9,11,17H2,1H3. The third-order valence-electron chi connectivity index (χ3n) is 2.96. The molecule has 0 bridgehead atoms. The molecule has 0 amide bonds. The van der Waals surface area contributed by atoms with Crippen LogP contribution in [0.15, 0.2) is 42.6 Å². The molecule has 0 radical (unpaired) electrons. The normalized spacial score (nSPS) is 10.3. The van der Waals surface area contributed by atoms with Gasteiger partial charge in [-0.2, -0.15) is 0 Å². The van der Waals surface area contributed by atoms with Gasteiger partial charge in [-0.15, -0.1) is 0 Å². The number of hydrogen-bond acceptors (Lipinski definition) is 4. The van der Waals surface area contributed by atoms with Gasteiger partial charge in [-0.1, -0.05) is 0 Å². The summed E-state index contributed by atoms with van der Waals surface area (Å²) in [4.78, 5) is 5.95. The molecule has 2 N–H and O–H groups in total. The lowest BCUT2D eigenvalue weighted by molar-refractivity contribution is 0.415. The Kier molecular flexibility index (Phi) is 4.90. The molecular weight excluding hydrogens is 257 g/mol.